The molecule has 0 aromatic heterocycles. The first-order valence-electron chi connectivity index (χ1n) is 5.34. The van der Waals surface area contributed by atoms with Crippen LogP contribution >= 0.6 is 0 Å². The second-order valence-electron chi connectivity index (χ2n) is 3.70. The second kappa shape index (κ2) is 4.87. The average molecular weight is 204 g/mol. The largest absolute Gasteiger partial charge is 0.497 e. The molecule has 0 radical (unpaired) electrons. The van der Waals surface area contributed by atoms with Crippen LogP contribution in [0.3, 0.4) is 0 Å². The summed E-state index contributed by atoms with van der Waals surface area (Å²) in [6.07, 6.45) is 7.50. The van der Waals surface area contributed by atoms with Crippen LogP contribution in [0.2, 0.25) is 0 Å². The number of benzene rings is 1. The Labute approximate surface area is 90.5 Å². The van der Waals surface area contributed by atoms with Crippen LogP contribution in [-0.2, 0) is 4.74 Å². The van der Waals surface area contributed by atoms with Gasteiger partial charge in [0.2, 0.25) is 0 Å². The molecule has 1 aliphatic heterocycles. The van der Waals surface area contributed by atoms with E-state index in [1.807, 2.05) is 18.4 Å². The smallest absolute Gasteiger partial charge is 0.123 e. The Bertz CT molecular complexity index is 327. The standard InChI is InChI=1S/C13H16O2/c1-14-12-8-6-11(7-9-12)13-5-3-2-4-10-15-13/h4,6-10,13H,2-3,5H2,1H3. The van der Waals surface area contributed by atoms with E-state index in [9.17, 15) is 0 Å². The predicted molar refractivity (Wildman–Crippen MR) is 59.8 cm³/mol. The molecule has 0 saturated heterocycles. The van der Waals surface area contributed by atoms with Gasteiger partial charge in [0.15, 0.2) is 0 Å². The zero-order chi connectivity index (χ0) is 10.5. The molecule has 1 heterocycles. The van der Waals surface area contributed by atoms with E-state index in [0.717, 1.165) is 18.6 Å². The van der Waals surface area contributed by atoms with E-state index >= 15 is 0 Å². The topological polar surface area (TPSA) is 18.5 Å². The molecule has 1 unspecified atom stereocenters. The molecule has 0 fully saturated rings. The van der Waals surface area contributed by atoms with E-state index in [0.29, 0.717) is 0 Å². The number of hydrogen-bond acceptors (Lipinski definition) is 2. The molecular formula is C13H16O2. The van der Waals surface area contributed by atoms with Crippen molar-refractivity contribution in [3.8, 4) is 5.75 Å². The summed E-state index contributed by atoms with van der Waals surface area (Å²) in [4.78, 5) is 0. The number of allylic oxidation sites excluding steroid dienone is 1. The average Bonchev–Trinajstić information content (AvgIpc) is 2.58. The van der Waals surface area contributed by atoms with Crippen molar-refractivity contribution in [3.63, 3.8) is 0 Å². The van der Waals surface area contributed by atoms with Crippen LogP contribution < -0.4 is 4.74 Å². The summed E-state index contributed by atoms with van der Waals surface area (Å²) in [5, 5.41) is 0. The quantitative estimate of drug-likeness (QED) is 0.734. The fourth-order valence-electron chi connectivity index (χ4n) is 1.77. The Morgan fingerprint density at radius 1 is 1.27 bits per heavy atom. The van der Waals surface area contributed by atoms with Crippen LogP contribution in [-0.4, -0.2) is 7.11 Å². The highest BCUT2D eigenvalue weighted by atomic mass is 16.5. The number of hydrogen-bond donors (Lipinski definition) is 0. The highest BCUT2D eigenvalue weighted by Gasteiger charge is 2.12. The van der Waals surface area contributed by atoms with Gasteiger partial charge in [-0.3, -0.25) is 0 Å². The van der Waals surface area contributed by atoms with Gasteiger partial charge in [-0.05, 0) is 43.0 Å². The molecule has 0 amide bonds. The second-order valence-corrected chi connectivity index (χ2v) is 3.70. The molecule has 0 bridgehead atoms. The molecule has 15 heavy (non-hydrogen) atoms. The van der Waals surface area contributed by atoms with Crippen molar-refractivity contribution in [2.24, 2.45) is 0 Å². The van der Waals surface area contributed by atoms with Crippen LogP contribution in [0.25, 0.3) is 0 Å². The van der Waals surface area contributed by atoms with Crippen LogP contribution in [0.4, 0.5) is 0 Å². The maximum absolute atomic E-state index is 5.64. The maximum atomic E-state index is 5.64. The normalized spacial score (nSPS) is 20.5. The van der Waals surface area contributed by atoms with E-state index < -0.39 is 0 Å². The van der Waals surface area contributed by atoms with Crippen LogP contribution in [0.15, 0.2) is 36.6 Å². The first-order valence-corrected chi connectivity index (χ1v) is 5.34. The Balaban J connectivity index is 2.10. The number of methoxy groups -OCH3 is 1. The third-order valence-corrected chi connectivity index (χ3v) is 2.66. The van der Waals surface area contributed by atoms with Gasteiger partial charge in [-0.1, -0.05) is 12.1 Å². The van der Waals surface area contributed by atoms with Crippen molar-refractivity contribution in [3.05, 3.63) is 42.2 Å². The lowest BCUT2D eigenvalue weighted by Crippen LogP contribution is -1.99. The summed E-state index contributed by atoms with van der Waals surface area (Å²) in [5.74, 6) is 0.892. The zero-order valence-electron chi connectivity index (χ0n) is 8.98. The summed E-state index contributed by atoms with van der Waals surface area (Å²) in [5.41, 5.74) is 1.22. The molecule has 1 atom stereocenters. The Kier molecular flexibility index (Phi) is 3.28. The molecule has 0 aliphatic carbocycles. The fourth-order valence-corrected chi connectivity index (χ4v) is 1.77. The SMILES string of the molecule is COc1ccc(C2CCCC=CO2)cc1. The van der Waals surface area contributed by atoms with E-state index in [-0.39, 0.29) is 6.10 Å². The van der Waals surface area contributed by atoms with Gasteiger partial charge in [0.05, 0.1) is 13.4 Å². The van der Waals surface area contributed by atoms with Crippen molar-refractivity contribution in [2.75, 3.05) is 7.11 Å². The molecule has 0 spiro atoms. The van der Waals surface area contributed by atoms with Gasteiger partial charge in [0, 0.05) is 0 Å². The summed E-state index contributed by atoms with van der Waals surface area (Å²) >= 11 is 0. The van der Waals surface area contributed by atoms with Gasteiger partial charge in [0.1, 0.15) is 11.9 Å². The third-order valence-electron chi connectivity index (χ3n) is 2.66. The molecule has 1 aromatic rings. The molecule has 2 rings (SSSR count). The van der Waals surface area contributed by atoms with Gasteiger partial charge in [0.25, 0.3) is 0 Å². The minimum Gasteiger partial charge on any atom is -0.497 e. The fraction of sp³-hybridized carbons (Fsp3) is 0.385. The first kappa shape index (κ1) is 10.1. The van der Waals surface area contributed by atoms with Crippen molar-refractivity contribution >= 4 is 0 Å². The van der Waals surface area contributed by atoms with Gasteiger partial charge in [-0.2, -0.15) is 0 Å². The number of ether oxygens (including phenoxy) is 2. The minimum atomic E-state index is 0.203. The Hall–Kier alpha value is -1.44. The van der Waals surface area contributed by atoms with Crippen molar-refractivity contribution < 1.29 is 9.47 Å². The van der Waals surface area contributed by atoms with Crippen molar-refractivity contribution in [1.29, 1.82) is 0 Å². The lowest BCUT2D eigenvalue weighted by Gasteiger charge is -2.15. The van der Waals surface area contributed by atoms with Gasteiger partial charge < -0.3 is 9.47 Å². The van der Waals surface area contributed by atoms with Crippen LogP contribution in [0.1, 0.15) is 30.9 Å². The Morgan fingerprint density at radius 3 is 2.80 bits per heavy atom. The van der Waals surface area contributed by atoms with Crippen molar-refractivity contribution in [2.45, 2.75) is 25.4 Å². The lowest BCUT2D eigenvalue weighted by molar-refractivity contribution is 0.141. The van der Waals surface area contributed by atoms with E-state index in [4.69, 9.17) is 9.47 Å². The minimum absolute atomic E-state index is 0.203. The summed E-state index contributed by atoms with van der Waals surface area (Å²) in [7, 11) is 1.68. The molecular weight excluding hydrogens is 188 g/mol. The van der Waals surface area contributed by atoms with E-state index in [2.05, 4.69) is 18.2 Å². The molecule has 0 N–H and O–H groups in total. The maximum Gasteiger partial charge on any atom is 0.123 e. The highest BCUT2D eigenvalue weighted by molar-refractivity contribution is 5.28. The van der Waals surface area contributed by atoms with E-state index in [1.165, 1.54) is 12.0 Å². The summed E-state index contributed by atoms with van der Waals surface area (Å²) in [6.45, 7) is 0. The molecule has 0 saturated carbocycles. The number of rotatable bonds is 2. The molecule has 2 nitrogen and oxygen atoms in total. The highest BCUT2D eigenvalue weighted by Crippen LogP contribution is 2.27. The molecule has 2 heteroatoms. The van der Waals surface area contributed by atoms with Gasteiger partial charge in [-0.25, -0.2) is 0 Å². The summed E-state index contributed by atoms with van der Waals surface area (Å²) in [6, 6.07) is 8.10. The molecule has 1 aromatic carbocycles. The molecule has 1 aliphatic rings. The first-order chi connectivity index (χ1) is 7.40. The van der Waals surface area contributed by atoms with Gasteiger partial charge in [-0.15, -0.1) is 0 Å². The zero-order valence-corrected chi connectivity index (χ0v) is 8.98. The van der Waals surface area contributed by atoms with Gasteiger partial charge >= 0.3 is 0 Å². The van der Waals surface area contributed by atoms with E-state index in [1.54, 1.807) is 7.11 Å². The summed E-state index contributed by atoms with van der Waals surface area (Å²) < 4.78 is 10.8. The molecule has 80 valence electrons. The third kappa shape index (κ3) is 2.52. The van der Waals surface area contributed by atoms with Crippen LogP contribution in [0.5, 0.6) is 5.75 Å². The lowest BCUT2D eigenvalue weighted by atomic mass is 10.0. The predicted octanol–water partition coefficient (Wildman–Crippen LogP) is 3.45. The van der Waals surface area contributed by atoms with Crippen LogP contribution in [0, 0.1) is 0 Å². The van der Waals surface area contributed by atoms with Crippen molar-refractivity contribution in [1.82, 2.24) is 0 Å². The Morgan fingerprint density at radius 2 is 2.07 bits per heavy atom. The monoisotopic (exact) mass is 204 g/mol.